The van der Waals surface area contributed by atoms with Gasteiger partial charge in [-0.3, -0.25) is 0 Å². The molecule has 13 heavy (non-hydrogen) atoms. The van der Waals surface area contributed by atoms with Gasteiger partial charge >= 0.3 is 5.97 Å². The van der Waals surface area contributed by atoms with Crippen molar-refractivity contribution in [3.8, 4) is 0 Å². The monoisotopic (exact) mass is 197 g/mol. The topological polar surface area (TPSA) is 50.2 Å². The highest BCUT2D eigenvalue weighted by atomic mass is 32.2. The SMILES string of the molecule is CCSc1cc(C)c(C(=O)O)cn1. The lowest BCUT2D eigenvalue weighted by Gasteiger charge is -2.02. The normalized spacial score (nSPS) is 10.0. The number of aromatic carboxylic acids is 1. The first-order chi connectivity index (χ1) is 6.15. The Morgan fingerprint density at radius 3 is 2.85 bits per heavy atom. The highest BCUT2D eigenvalue weighted by Gasteiger charge is 2.07. The van der Waals surface area contributed by atoms with Crippen molar-refractivity contribution in [2.45, 2.75) is 18.9 Å². The zero-order valence-electron chi connectivity index (χ0n) is 7.57. The number of pyridine rings is 1. The number of carbonyl (C=O) groups is 1. The molecule has 0 aliphatic carbocycles. The molecule has 0 aliphatic rings. The molecule has 0 fully saturated rings. The summed E-state index contributed by atoms with van der Waals surface area (Å²) in [6, 6.07) is 1.80. The Morgan fingerprint density at radius 1 is 1.69 bits per heavy atom. The van der Waals surface area contributed by atoms with Crippen LogP contribution in [0.5, 0.6) is 0 Å². The third kappa shape index (κ3) is 2.45. The van der Waals surface area contributed by atoms with Crippen LogP contribution in [0.25, 0.3) is 0 Å². The number of aromatic nitrogens is 1. The Morgan fingerprint density at radius 2 is 2.38 bits per heavy atom. The molecular formula is C9H11NO2S. The Hall–Kier alpha value is -1.03. The van der Waals surface area contributed by atoms with Crippen molar-refractivity contribution < 1.29 is 9.90 Å². The van der Waals surface area contributed by atoms with Gasteiger partial charge in [-0.05, 0) is 24.3 Å². The van der Waals surface area contributed by atoms with Crippen molar-refractivity contribution in [2.75, 3.05) is 5.75 Å². The second kappa shape index (κ2) is 4.28. The number of hydrogen-bond donors (Lipinski definition) is 1. The first-order valence-corrected chi connectivity index (χ1v) is 4.96. The van der Waals surface area contributed by atoms with Gasteiger partial charge in [-0.15, -0.1) is 11.8 Å². The van der Waals surface area contributed by atoms with E-state index in [1.165, 1.54) is 6.20 Å². The molecule has 0 atom stereocenters. The van der Waals surface area contributed by atoms with Crippen molar-refractivity contribution in [1.82, 2.24) is 4.98 Å². The number of aryl methyl sites for hydroxylation is 1. The molecule has 0 amide bonds. The summed E-state index contributed by atoms with van der Waals surface area (Å²) in [5, 5.41) is 9.62. The highest BCUT2D eigenvalue weighted by molar-refractivity contribution is 7.99. The predicted octanol–water partition coefficient (Wildman–Crippen LogP) is 2.20. The van der Waals surface area contributed by atoms with Crippen LogP contribution in [0.15, 0.2) is 17.3 Å². The summed E-state index contributed by atoms with van der Waals surface area (Å²) in [6.07, 6.45) is 1.41. The molecule has 1 aromatic rings. The van der Waals surface area contributed by atoms with Crippen LogP contribution in [-0.2, 0) is 0 Å². The molecule has 70 valence electrons. The van der Waals surface area contributed by atoms with Gasteiger partial charge < -0.3 is 5.11 Å². The van der Waals surface area contributed by atoms with E-state index in [-0.39, 0.29) is 5.56 Å². The minimum Gasteiger partial charge on any atom is -0.478 e. The molecule has 1 heterocycles. The molecule has 0 aromatic carbocycles. The third-order valence-corrected chi connectivity index (χ3v) is 2.42. The largest absolute Gasteiger partial charge is 0.478 e. The highest BCUT2D eigenvalue weighted by Crippen LogP contribution is 2.17. The van der Waals surface area contributed by atoms with Crippen molar-refractivity contribution in [1.29, 1.82) is 0 Å². The molecule has 1 rings (SSSR count). The first-order valence-electron chi connectivity index (χ1n) is 3.98. The van der Waals surface area contributed by atoms with Crippen LogP contribution >= 0.6 is 11.8 Å². The van der Waals surface area contributed by atoms with Crippen LogP contribution in [0.2, 0.25) is 0 Å². The molecule has 0 saturated heterocycles. The summed E-state index contributed by atoms with van der Waals surface area (Å²) in [5.74, 6) is 0.0248. The van der Waals surface area contributed by atoms with Crippen molar-refractivity contribution in [3.05, 3.63) is 23.4 Å². The van der Waals surface area contributed by atoms with Crippen molar-refractivity contribution in [2.24, 2.45) is 0 Å². The number of thioether (sulfide) groups is 1. The second-order valence-electron chi connectivity index (χ2n) is 2.58. The fourth-order valence-electron chi connectivity index (χ4n) is 0.981. The van der Waals surface area contributed by atoms with E-state index in [1.54, 1.807) is 24.8 Å². The van der Waals surface area contributed by atoms with Gasteiger partial charge in [0.25, 0.3) is 0 Å². The van der Waals surface area contributed by atoms with Crippen LogP contribution in [0.3, 0.4) is 0 Å². The predicted molar refractivity (Wildman–Crippen MR) is 52.3 cm³/mol. The van der Waals surface area contributed by atoms with Crippen LogP contribution in [0.1, 0.15) is 22.8 Å². The molecule has 0 bridgehead atoms. The third-order valence-electron chi connectivity index (χ3n) is 1.61. The first kappa shape index (κ1) is 10.1. The average molecular weight is 197 g/mol. The second-order valence-corrected chi connectivity index (χ2v) is 3.86. The summed E-state index contributed by atoms with van der Waals surface area (Å²) < 4.78 is 0. The van der Waals surface area contributed by atoms with E-state index in [1.807, 2.05) is 6.92 Å². The van der Waals surface area contributed by atoms with Crippen LogP contribution in [0.4, 0.5) is 0 Å². The van der Waals surface area contributed by atoms with E-state index >= 15 is 0 Å². The zero-order valence-corrected chi connectivity index (χ0v) is 8.39. The maximum atomic E-state index is 10.6. The number of carboxylic acid groups (broad SMARTS) is 1. The molecule has 0 aliphatic heterocycles. The van der Waals surface area contributed by atoms with Crippen LogP contribution in [-0.4, -0.2) is 21.8 Å². The van der Waals surface area contributed by atoms with Gasteiger partial charge in [0.1, 0.15) is 0 Å². The lowest BCUT2D eigenvalue weighted by Crippen LogP contribution is -2.00. The average Bonchev–Trinajstić information content (AvgIpc) is 2.04. The quantitative estimate of drug-likeness (QED) is 0.755. The molecule has 1 aromatic heterocycles. The minimum absolute atomic E-state index is 0.278. The van der Waals surface area contributed by atoms with E-state index in [9.17, 15) is 4.79 Å². The fourth-order valence-corrected chi connectivity index (χ4v) is 1.66. The summed E-state index contributed by atoms with van der Waals surface area (Å²) >= 11 is 1.61. The molecule has 0 spiro atoms. The molecule has 0 unspecified atom stereocenters. The van der Waals surface area contributed by atoms with Crippen molar-refractivity contribution in [3.63, 3.8) is 0 Å². The minimum atomic E-state index is -0.918. The smallest absolute Gasteiger partial charge is 0.337 e. The van der Waals surface area contributed by atoms with Gasteiger partial charge in [0.2, 0.25) is 0 Å². The number of carboxylic acids is 1. The van der Waals surface area contributed by atoms with Gasteiger partial charge in [-0.2, -0.15) is 0 Å². The fraction of sp³-hybridized carbons (Fsp3) is 0.333. The van der Waals surface area contributed by atoms with E-state index < -0.39 is 5.97 Å². The van der Waals surface area contributed by atoms with Crippen LogP contribution in [0, 0.1) is 6.92 Å². The van der Waals surface area contributed by atoms with Crippen molar-refractivity contribution >= 4 is 17.7 Å². The maximum Gasteiger partial charge on any atom is 0.337 e. The molecule has 0 radical (unpaired) electrons. The molecule has 1 N–H and O–H groups in total. The lowest BCUT2D eigenvalue weighted by molar-refractivity contribution is 0.0695. The summed E-state index contributed by atoms with van der Waals surface area (Å²) in [7, 11) is 0. The Kier molecular flexibility index (Phi) is 3.31. The van der Waals surface area contributed by atoms with Crippen LogP contribution < -0.4 is 0 Å². The Bertz CT molecular complexity index is 325. The number of rotatable bonds is 3. The van der Waals surface area contributed by atoms with Gasteiger partial charge in [-0.1, -0.05) is 6.92 Å². The zero-order chi connectivity index (χ0) is 9.84. The summed E-state index contributed by atoms with van der Waals surface area (Å²) in [4.78, 5) is 14.7. The van der Waals surface area contributed by atoms with Gasteiger partial charge in [-0.25, -0.2) is 9.78 Å². The number of nitrogens with zero attached hydrogens (tertiary/aromatic N) is 1. The van der Waals surface area contributed by atoms with E-state index in [0.717, 1.165) is 16.3 Å². The molecule has 0 saturated carbocycles. The standard InChI is InChI=1S/C9H11NO2S/c1-3-13-8-4-6(2)7(5-10-8)9(11)12/h4-5H,3H2,1-2H3,(H,11,12). The molecule has 4 heteroatoms. The van der Waals surface area contributed by atoms with E-state index in [0.29, 0.717) is 0 Å². The molecular weight excluding hydrogens is 186 g/mol. The molecule has 3 nitrogen and oxygen atoms in total. The van der Waals surface area contributed by atoms with E-state index in [2.05, 4.69) is 4.98 Å². The summed E-state index contributed by atoms with van der Waals surface area (Å²) in [5.41, 5.74) is 1.04. The van der Waals surface area contributed by atoms with E-state index in [4.69, 9.17) is 5.11 Å². The van der Waals surface area contributed by atoms with Gasteiger partial charge in [0, 0.05) is 6.20 Å². The number of hydrogen-bond acceptors (Lipinski definition) is 3. The Labute approximate surface area is 81.2 Å². The van der Waals surface area contributed by atoms with Gasteiger partial charge in [0.05, 0.1) is 10.6 Å². The Balaban J connectivity index is 2.98. The lowest BCUT2D eigenvalue weighted by atomic mass is 10.2. The maximum absolute atomic E-state index is 10.6. The summed E-state index contributed by atoms with van der Waals surface area (Å²) in [6.45, 7) is 3.82. The van der Waals surface area contributed by atoms with Gasteiger partial charge in [0.15, 0.2) is 0 Å².